The van der Waals surface area contributed by atoms with Crippen LogP contribution in [0, 0.1) is 11.3 Å². The molecular weight excluding hydrogens is 264 g/mol. The maximum absolute atomic E-state index is 12.2. The van der Waals surface area contributed by atoms with Crippen LogP contribution in [0.4, 0.5) is 0 Å². The van der Waals surface area contributed by atoms with Gasteiger partial charge in [-0.1, -0.05) is 0 Å². The van der Waals surface area contributed by atoms with Crippen LogP contribution in [-0.2, 0) is 16.6 Å². The highest BCUT2D eigenvalue weighted by atomic mass is 32.2. The highest BCUT2D eigenvalue weighted by molar-refractivity contribution is 7.89. The van der Waals surface area contributed by atoms with E-state index in [1.807, 2.05) is 16.8 Å². The molecule has 104 valence electrons. The normalized spacial score (nSPS) is 20.5. The third kappa shape index (κ3) is 3.55. The van der Waals surface area contributed by atoms with Crippen LogP contribution in [0.2, 0.25) is 0 Å². The largest absolute Gasteiger partial charge is 0.336 e. The molecule has 2 heterocycles. The molecular formula is C12H18N4O2S. The van der Waals surface area contributed by atoms with Crippen LogP contribution in [0.15, 0.2) is 18.7 Å². The summed E-state index contributed by atoms with van der Waals surface area (Å²) in [6, 6.07) is 2.00. The molecule has 0 radical (unpaired) electrons. The summed E-state index contributed by atoms with van der Waals surface area (Å²) < 4.78 is 28.0. The van der Waals surface area contributed by atoms with Crippen molar-refractivity contribution in [2.45, 2.75) is 38.3 Å². The van der Waals surface area contributed by atoms with Gasteiger partial charge in [-0.15, -0.1) is 0 Å². The van der Waals surface area contributed by atoms with Crippen LogP contribution in [0.3, 0.4) is 0 Å². The number of aromatic nitrogens is 2. The van der Waals surface area contributed by atoms with E-state index in [-0.39, 0.29) is 11.8 Å². The number of hydrogen-bond donors (Lipinski definition) is 0. The van der Waals surface area contributed by atoms with Crippen molar-refractivity contribution >= 4 is 10.0 Å². The standard InChI is InChI=1S/C12H18N4O2S/c13-5-1-2-9-19(17,18)16-7-3-4-12(16)10-15-8-6-14-11-15/h6,8,11-12H,1-4,7,9-10H2. The molecule has 0 spiro atoms. The SMILES string of the molecule is N#CCCCS(=O)(=O)N1CCCC1Cn1ccnc1. The molecule has 1 aliphatic rings. The first-order valence-electron chi connectivity index (χ1n) is 6.46. The average molecular weight is 282 g/mol. The lowest BCUT2D eigenvalue weighted by Crippen LogP contribution is -2.39. The van der Waals surface area contributed by atoms with Crippen molar-refractivity contribution in [3.8, 4) is 6.07 Å². The summed E-state index contributed by atoms with van der Waals surface area (Å²) in [5.74, 6) is 0.0704. The molecule has 0 amide bonds. The predicted octanol–water partition coefficient (Wildman–Crippen LogP) is 0.981. The Morgan fingerprint density at radius 2 is 2.32 bits per heavy atom. The minimum atomic E-state index is -3.24. The lowest BCUT2D eigenvalue weighted by molar-refractivity contribution is 0.351. The molecule has 0 N–H and O–H groups in total. The van der Waals surface area contributed by atoms with Crippen molar-refractivity contribution in [3.63, 3.8) is 0 Å². The zero-order chi connectivity index (χ0) is 13.7. The Hall–Kier alpha value is -1.39. The van der Waals surface area contributed by atoms with Crippen LogP contribution in [0.25, 0.3) is 0 Å². The summed E-state index contributed by atoms with van der Waals surface area (Å²) in [5.41, 5.74) is 0. The first-order valence-corrected chi connectivity index (χ1v) is 8.06. The summed E-state index contributed by atoms with van der Waals surface area (Å²) in [5, 5.41) is 8.48. The molecule has 1 aromatic rings. The molecule has 19 heavy (non-hydrogen) atoms. The fraction of sp³-hybridized carbons (Fsp3) is 0.667. The molecule has 1 unspecified atom stereocenters. The van der Waals surface area contributed by atoms with Gasteiger partial charge >= 0.3 is 0 Å². The number of sulfonamides is 1. The Kier molecular flexibility index (Phi) is 4.56. The Bertz CT molecular complexity index is 533. The molecule has 1 atom stereocenters. The van der Waals surface area contributed by atoms with Crippen LogP contribution in [0.5, 0.6) is 0 Å². The van der Waals surface area contributed by atoms with Gasteiger partial charge in [0, 0.05) is 37.9 Å². The number of imidazole rings is 1. The molecule has 0 aromatic carbocycles. The average Bonchev–Trinajstić information content (AvgIpc) is 3.01. The smallest absolute Gasteiger partial charge is 0.214 e. The maximum atomic E-state index is 12.2. The van der Waals surface area contributed by atoms with Crippen molar-refractivity contribution < 1.29 is 8.42 Å². The summed E-state index contributed by atoms with van der Waals surface area (Å²) in [6.07, 6.45) is 7.73. The van der Waals surface area contributed by atoms with Crippen molar-refractivity contribution in [1.82, 2.24) is 13.9 Å². The minimum absolute atomic E-state index is 0.0151. The Morgan fingerprint density at radius 1 is 1.47 bits per heavy atom. The van der Waals surface area contributed by atoms with Gasteiger partial charge < -0.3 is 4.57 Å². The van der Waals surface area contributed by atoms with Gasteiger partial charge in [0.1, 0.15) is 0 Å². The van der Waals surface area contributed by atoms with Gasteiger partial charge in [-0.05, 0) is 19.3 Å². The lowest BCUT2D eigenvalue weighted by Gasteiger charge is -2.24. The predicted molar refractivity (Wildman–Crippen MR) is 70.6 cm³/mol. The topological polar surface area (TPSA) is 79.0 Å². The van der Waals surface area contributed by atoms with E-state index in [2.05, 4.69) is 4.98 Å². The van der Waals surface area contributed by atoms with E-state index in [9.17, 15) is 8.42 Å². The monoisotopic (exact) mass is 282 g/mol. The molecule has 1 saturated heterocycles. The van der Waals surface area contributed by atoms with Crippen molar-refractivity contribution in [3.05, 3.63) is 18.7 Å². The number of rotatable bonds is 6. The quantitative estimate of drug-likeness (QED) is 0.729. The summed E-state index contributed by atoms with van der Waals surface area (Å²) >= 11 is 0. The molecule has 6 nitrogen and oxygen atoms in total. The van der Waals surface area contributed by atoms with Crippen LogP contribution >= 0.6 is 0 Å². The van der Waals surface area contributed by atoms with Gasteiger partial charge in [0.2, 0.25) is 10.0 Å². The second-order valence-corrected chi connectivity index (χ2v) is 6.79. The van der Waals surface area contributed by atoms with Crippen LogP contribution in [0.1, 0.15) is 25.7 Å². The highest BCUT2D eigenvalue weighted by Gasteiger charge is 2.33. The number of nitriles is 1. The van der Waals surface area contributed by atoms with Gasteiger partial charge in [-0.3, -0.25) is 0 Å². The molecule has 7 heteroatoms. The zero-order valence-corrected chi connectivity index (χ0v) is 11.6. The third-order valence-electron chi connectivity index (χ3n) is 3.35. The molecule has 0 bridgehead atoms. The van der Waals surface area contributed by atoms with Gasteiger partial charge in [-0.25, -0.2) is 13.4 Å². The molecule has 0 aliphatic carbocycles. The number of nitrogens with zero attached hydrogens (tertiary/aromatic N) is 4. The molecule has 0 saturated carbocycles. The summed E-state index contributed by atoms with van der Waals surface area (Å²) in [7, 11) is -3.24. The molecule has 1 aliphatic heterocycles. The van der Waals surface area contributed by atoms with Gasteiger partial charge in [0.05, 0.1) is 18.1 Å². The van der Waals surface area contributed by atoms with E-state index in [1.165, 1.54) is 0 Å². The van der Waals surface area contributed by atoms with Crippen molar-refractivity contribution in [1.29, 1.82) is 5.26 Å². The first-order chi connectivity index (χ1) is 9.13. The minimum Gasteiger partial charge on any atom is -0.336 e. The fourth-order valence-electron chi connectivity index (χ4n) is 2.45. The zero-order valence-electron chi connectivity index (χ0n) is 10.8. The van der Waals surface area contributed by atoms with E-state index in [4.69, 9.17) is 5.26 Å². The molecule has 2 rings (SSSR count). The second kappa shape index (κ2) is 6.17. The van der Waals surface area contributed by atoms with Gasteiger partial charge in [0.25, 0.3) is 0 Å². The van der Waals surface area contributed by atoms with Crippen molar-refractivity contribution in [2.75, 3.05) is 12.3 Å². The van der Waals surface area contributed by atoms with E-state index in [1.54, 1.807) is 16.8 Å². The molecule has 1 fully saturated rings. The fourth-order valence-corrected chi connectivity index (χ4v) is 4.22. The molecule has 1 aromatic heterocycles. The van der Waals surface area contributed by atoms with Crippen LogP contribution < -0.4 is 0 Å². The highest BCUT2D eigenvalue weighted by Crippen LogP contribution is 2.23. The van der Waals surface area contributed by atoms with Crippen LogP contribution in [-0.4, -0.2) is 40.6 Å². The first kappa shape index (κ1) is 14.0. The third-order valence-corrected chi connectivity index (χ3v) is 5.35. The number of unbranched alkanes of at least 4 members (excludes halogenated alkanes) is 1. The second-order valence-electron chi connectivity index (χ2n) is 4.74. The maximum Gasteiger partial charge on any atom is 0.214 e. The number of hydrogen-bond acceptors (Lipinski definition) is 4. The van der Waals surface area contributed by atoms with E-state index >= 15 is 0 Å². The Labute approximate surface area is 113 Å². The summed E-state index contributed by atoms with van der Waals surface area (Å²) in [6.45, 7) is 1.24. The van der Waals surface area contributed by atoms with E-state index in [0.29, 0.717) is 25.9 Å². The summed E-state index contributed by atoms with van der Waals surface area (Å²) in [4.78, 5) is 3.97. The Balaban J connectivity index is 1.99. The van der Waals surface area contributed by atoms with E-state index < -0.39 is 10.0 Å². The van der Waals surface area contributed by atoms with E-state index in [0.717, 1.165) is 12.8 Å². The van der Waals surface area contributed by atoms with Crippen molar-refractivity contribution in [2.24, 2.45) is 0 Å². The lowest BCUT2D eigenvalue weighted by atomic mass is 10.2. The van der Waals surface area contributed by atoms with Gasteiger partial charge in [0.15, 0.2) is 0 Å². The van der Waals surface area contributed by atoms with Gasteiger partial charge in [-0.2, -0.15) is 9.57 Å². The Morgan fingerprint density at radius 3 is 3.00 bits per heavy atom.